The SMILES string of the molecule is C=CCC(N)c1cc[c]cc1. The second-order valence-corrected chi connectivity index (χ2v) is 2.46. The summed E-state index contributed by atoms with van der Waals surface area (Å²) in [6.07, 6.45) is 2.66. The summed E-state index contributed by atoms with van der Waals surface area (Å²) in [6.45, 7) is 3.64. The van der Waals surface area contributed by atoms with E-state index in [2.05, 4.69) is 12.6 Å². The number of benzene rings is 1. The molecule has 2 N–H and O–H groups in total. The fourth-order valence-electron chi connectivity index (χ4n) is 0.963. The van der Waals surface area contributed by atoms with Crippen LogP contribution in [0.2, 0.25) is 0 Å². The highest BCUT2D eigenvalue weighted by atomic mass is 14.6. The van der Waals surface area contributed by atoms with E-state index in [1.54, 1.807) is 0 Å². The smallest absolute Gasteiger partial charge is 0.0329 e. The summed E-state index contributed by atoms with van der Waals surface area (Å²) in [7, 11) is 0. The molecular formula is C10H12N. The van der Waals surface area contributed by atoms with Crippen molar-refractivity contribution in [1.29, 1.82) is 0 Å². The fraction of sp³-hybridized carbons (Fsp3) is 0.200. The first-order valence-corrected chi connectivity index (χ1v) is 3.67. The van der Waals surface area contributed by atoms with Gasteiger partial charge in [0.05, 0.1) is 0 Å². The van der Waals surface area contributed by atoms with E-state index in [4.69, 9.17) is 5.73 Å². The molecule has 0 fully saturated rings. The van der Waals surface area contributed by atoms with E-state index in [1.807, 2.05) is 30.3 Å². The predicted octanol–water partition coefficient (Wildman–Crippen LogP) is 2.06. The van der Waals surface area contributed by atoms with Gasteiger partial charge in [-0.2, -0.15) is 0 Å². The largest absolute Gasteiger partial charge is 0.324 e. The minimum absolute atomic E-state index is 0.0853. The van der Waals surface area contributed by atoms with Gasteiger partial charge in [-0.15, -0.1) is 6.58 Å². The van der Waals surface area contributed by atoms with Gasteiger partial charge in [-0.1, -0.05) is 30.3 Å². The van der Waals surface area contributed by atoms with Gasteiger partial charge in [-0.05, 0) is 18.1 Å². The van der Waals surface area contributed by atoms with Crippen molar-refractivity contribution in [2.45, 2.75) is 12.5 Å². The zero-order chi connectivity index (χ0) is 8.10. The van der Waals surface area contributed by atoms with Crippen LogP contribution in [-0.4, -0.2) is 0 Å². The van der Waals surface area contributed by atoms with Crippen LogP contribution in [0.25, 0.3) is 0 Å². The Labute approximate surface area is 67.5 Å². The van der Waals surface area contributed by atoms with Crippen molar-refractivity contribution in [2.24, 2.45) is 5.73 Å². The van der Waals surface area contributed by atoms with Crippen molar-refractivity contribution >= 4 is 0 Å². The Bertz CT molecular complexity index is 216. The van der Waals surface area contributed by atoms with Crippen LogP contribution in [0.1, 0.15) is 18.0 Å². The lowest BCUT2D eigenvalue weighted by atomic mass is 10.1. The summed E-state index contributed by atoms with van der Waals surface area (Å²) < 4.78 is 0. The molecule has 1 aromatic rings. The third-order valence-corrected chi connectivity index (χ3v) is 1.59. The highest BCUT2D eigenvalue weighted by Gasteiger charge is 2.00. The van der Waals surface area contributed by atoms with E-state index in [-0.39, 0.29) is 6.04 Å². The first kappa shape index (κ1) is 8.02. The van der Waals surface area contributed by atoms with Gasteiger partial charge >= 0.3 is 0 Å². The molecule has 0 amide bonds. The first-order valence-electron chi connectivity index (χ1n) is 3.67. The van der Waals surface area contributed by atoms with E-state index in [9.17, 15) is 0 Å². The van der Waals surface area contributed by atoms with Crippen molar-refractivity contribution < 1.29 is 0 Å². The number of rotatable bonds is 3. The molecule has 0 spiro atoms. The van der Waals surface area contributed by atoms with Crippen LogP contribution in [0.4, 0.5) is 0 Å². The summed E-state index contributed by atoms with van der Waals surface area (Å²) >= 11 is 0. The Morgan fingerprint density at radius 3 is 2.73 bits per heavy atom. The van der Waals surface area contributed by atoms with Crippen LogP contribution >= 0.6 is 0 Å². The number of nitrogens with two attached hydrogens (primary N) is 1. The average Bonchev–Trinajstić information content (AvgIpc) is 2.07. The first-order chi connectivity index (χ1) is 5.34. The van der Waals surface area contributed by atoms with Gasteiger partial charge in [0.2, 0.25) is 0 Å². The molecule has 1 atom stereocenters. The van der Waals surface area contributed by atoms with Crippen molar-refractivity contribution in [1.82, 2.24) is 0 Å². The molecule has 0 aliphatic carbocycles. The predicted molar refractivity (Wildman–Crippen MR) is 47.0 cm³/mol. The second kappa shape index (κ2) is 3.94. The Morgan fingerprint density at radius 1 is 1.55 bits per heavy atom. The van der Waals surface area contributed by atoms with Crippen molar-refractivity contribution in [3.05, 3.63) is 48.6 Å². The van der Waals surface area contributed by atoms with Crippen LogP contribution in [0.5, 0.6) is 0 Å². The summed E-state index contributed by atoms with van der Waals surface area (Å²) in [5.41, 5.74) is 6.96. The van der Waals surface area contributed by atoms with Crippen LogP contribution in [0.3, 0.4) is 0 Å². The van der Waals surface area contributed by atoms with Gasteiger partial charge < -0.3 is 5.73 Å². The molecule has 1 unspecified atom stereocenters. The molecule has 1 radical (unpaired) electrons. The van der Waals surface area contributed by atoms with Crippen LogP contribution in [0, 0.1) is 6.07 Å². The van der Waals surface area contributed by atoms with Crippen molar-refractivity contribution in [3.8, 4) is 0 Å². The molecule has 0 saturated carbocycles. The molecule has 1 rings (SSSR count). The maximum Gasteiger partial charge on any atom is 0.0329 e. The maximum atomic E-state index is 5.82. The van der Waals surface area contributed by atoms with Crippen LogP contribution in [0.15, 0.2) is 36.9 Å². The van der Waals surface area contributed by atoms with Gasteiger partial charge in [0, 0.05) is 6.04 Å². The molecule has 0 aliphatic heterocycles. The Morgan fingerprint density at radius 2 is 2.18 bits per heavy atom. The zero-order valence-electron chi connectivity index (χ0n) is 6.46. The van der Waals surface area contributed by atoms with Gasteiger partial charge in [-0.25, -0.2) is 0 Å². The number of hydrogen-bond acceptors (Lipinski definition) is 1. The molecule has 0 aliphatic rings. The highest BCUT2D eigenvalue weighted by molar-refractivity contribution is 5.18. The molecule has 57 valence electrons. The third kappa shape index (κ3) is 2.20. The average molecular weight is 146 g/mol. The third-order valence-electron chi connectivity index (χ3n) is 1.59. The van der Waals surface area contributed by atoms with Crippen molar-refractivity contribution in [2.75, 3.05) is 0 Å². The highest BCUT2D eigenvalue weighted by Crippen LogP contribution is 2.12. The summed E-state index contributed by atoms with van der Waals surface area (Å²) in [4.78, 5) is 0. The molecule has 11 heavy (non-hydrogen) atoms. The quantitative estimate of drug-likeness (QED) is 0.649. The fourth-order valence-corrected chi connectivity index (χ4v) is 0.963. The lowest BCUT2D eigenvalue weighted by molar-refractivity contribution is 0.742. The van der Waals surface area contributed by atoms with E-state index in [0.717, 1.165) is 12.0 Å². The molecule has 0 aromatic heterocycles. The molecule has 0 heterocycles. The zero-order valence-corrected chi connectivity index (χ0v) is 6.46. The minimum atomic E-state index is 0.0853. The molecule has 0 bridgehead atoms. The lowest BCUT2D eigenvalue weighted by Gasteiger charge is -2.07. The Balaban J connectivity index is 2.68. The monoisotopic (exact) mass is 146 g/mol. The topological polar surface area (TPSA) is 26.0 Å². The van der Waals surface area contributed by atoms with Gasteiger partial charge in [0.1, 0.15) is 0 Å². The van der Waals surface area contributed by atoms with Gasteiger partial charge in [0.15, 0.2) is 0 Å². The van der Waals surface area contributed by atoms with Gasteiger partial charge in [-0.3, -0.25) is 0 Å². The molecule has 1 nitrogen and oxygen atoms in total. The standard InChI is InChI=1S/C10H12N/c1-2-6-10(11)9-7-4-3-5-8-9/h2,4-5,7-8,10H,1,6,11H2. The van der Waals surface area contributed by atoms with Crippen molar-refractivity contribution in [3.63, 3.8) is 0 Å². The lowest BCUT2D eigenvalue weighted by Crippen LogP contribution is -2.08. The normalized spacial score (nSPS) is 12.5. The second-order valence-electron chi connectivity index (χ2n) is 2.46. The summed E-state index contributed by atoms with van der Waals surface area (Å²) in [5.74, 6) is 0. The maximum absolute atomic E-state index is 5.82. The Hall–Kier alpha value is -1.08. The van der Waals surface area contributed by atoms with E-state index >= 15 is 0 Å². The van der Waals surface area contributed by atoms with Gasteiger partial charge in [0.25, 0.3) is 0 Å². The minimum Gasteiger partial charge on any atom is -0.324 e. The molecule has 1 heteroatoms. The van der Waals surface area contributed by atoms with Crippen LogP contribution in [-0.2, 0) is 0 Å². The molecule has 1 aromatic carbocycles. The summed E-state index contributed by atoms with van der Waals surface area (Å²) in [5, 5.41) is 0. The Kier molecular flexibility index (Phi) is 2.87. The van der Waals surface area contributed by atoms with E-state index < -0.39 is 0 Å². The molecular weight excluding hydrogens is 134 g/mol. The molecule has 0 saturated heterocycles. The van der Waals surface area contributed by atoms with E-state index in [0.29, 0.717) is 0 Å². The van der Waals surface area contributed by atoms with Crippen LogP contribution < -0.4 is 5.73 Å². The number of hydrogen-bond donors (Lipinski definition) is 1. The summed E-state index contributed by atoms with van der Waals surface area (Å²) in [6, 6.07) is 10.7. The van der Waals surface area contributed by atoms with E-state index in [1.165, 1.54) is 0 Å².